The Balaban J connectivity index is 3.42. The van der Waals surface area contributed by atoms with Crippen molar-refractivity contribution in [2.45, 2.75) is 31.9 Å². The van der Waals surface area contributed by atoms with Gasteiger partial charge in [0.05, 0.1) is 11.9 Å². The molecular formula is C7H14O2S. The number of esters is 1. The summed E-state index contributed by atoms with van der Waals surface area (Å²) in [6.07, 6.45) is 1.60. The Morgan fingerprint density at radius 3 is 2.60 bits per heavy atom. The highest BCUT2D eigenvalue weighted by Gasteiger charge is 2.11. The van der Waals surface area contributed by atoms with E-state index in [2.05, 4.69) is 12.6 Å². The molecule has 0 spiro atoms. The molecule has 0 aromatic rings. The quantitative estimate of drug-likeness (QED) is 0.502. The monoisotopic (exact) mass is 162 g/mol. The molecule has 3 heteroatoms. The van der Waals surface area contributed by atoms with Crippen LogP contribution in [0.1, 0.15) is 26.7 Å². The highest BCUT2D eigenvalue weighted by molar-refractivity contribution is 7.81. The molecule has 0 rings (SSSR count). The summed E-state index contributed by atoms with van der Waals surface area (Å²) in [5.74, 6) is -0.201. The van der Waals surface area contributed by atoms with Gasteiger partial charge in [0.25, 0.3) is 0 Å². The Kier molecular flexibility index (Phi) is 5.49. The van der Waals surface area contributed by atoms with Gasteiger partial charge in [-0.15, -0.1) is 0 Å². The van der Waals surface area contributed by atoms with E-state index in [4.69, 9.17) is 4.74 Å². The molecule has 60 valence electrons. The molecule has 1 unspecified atom stereocenters. The molecule has 0 saturated heterocycles. The maximum absolute atomic E-state index is 10.8. The molecular weight excluding hydrogens is 148 g/mol. The number of hydrogen-bond donors (Lipinski definition) is 1. The van der Waals surface area contributed by atoms with Crippen LogP contribution in [0.2, 0.25) is 0 Å². The van der Waals surface area contributed by atoms with E-state index in [1.165, 1.54) is 0 Å². The van der Waals surface area contributed by atoms with E-state index in [-0.39, 0.29) is 11.2 Å². The van der Waals surface area contributed by atoms with Crippen LogP contribution in [0.4, 0.5) is 0 Å². The number of rotatable bonds is 4. The van der Waals surface area contributed by atoms with Crippen LogP contribution in [0.25, 0.3) is 0 Å². The fourth-order valence-corrected chi connectivity index (χ4v) is 0.540. The van der Waals surface area contributed by atoms with Gasteiger partial charge in [-0.2, -0.15) is 12.6 Å². The van der Waals surface area contributed by atoms with Crippen LogP contribution < -0.4 is 0 Å². The molecule has 2 nitrogen and oxygen atoms in total. The molecule has 0 amide bonds. The summed E-state index contributed by atoms with van der Waals surface area (Å²) in [5, 5.41) is -0.244. The van der Waals surface area contributed by atoms with E-state index in [0.29, 0.717) is 6.61 Å². The molecule has 0 bridgehead atoms. The highest BCUT2D eigenvalue weighted by atomic mass is 32.1. The van der Waals surface area contributed by atoms with Crippen molar-refractivity contribution in [3.05, 3.63) is 0 Å². The average molecular weight is 162 g/mol. The summed E-state index contributed by atoms with van der Waals surface area (Å²) < 4.78 is 4.83. The zero-order valence-corrected chi connectivity index (χ0v) is 7.36. The Bertz CT molecular complexity index is 104. The highest BCUT2D eigenvalue weighted by Crippen LogP contribution is 2.02. The Morgan fingerprint density at radius 2 is 2.20 bits per heavy atom. The predicted molar refractivity (Wildman–Crippen MR) is 44.3 cm³/mol. The second kappa shape index (κ2) is 5.59. The number of ether oxygens (including phenoxy) is 1. The van der Waals surface area contributed by atoms with Gasteiger partial charge in [-0.3, -0.25) is 4.79 Å². The zero-order valence-electron chi connectivity index (χ0n) is 6.46. The summed E-state index contributed by atoms with van der Waals surface area (Å²) in [7, 11) is 0. The molecule has 0 aromatic carbocycles. The second-order valence-corrected chi connectivity index (χ2v) is 2.71. The van der Waals surface area contributed by atoms with Gasteiger partial charge in [-0.05, 0) is 12.8 Å². The summed E-state index contributed by atoms with van der Waals surface area (Å²) in [4.78, 5) is 10.8. The smallest absolute Gasteiger partial charge is 0.318 e. The normalized spacial score (nSPS) is 12.7. The predicted octanol–water partition coefficient (Wildman–Crippen LogP) is 1.65. The Morgan fingerprint density at radius 1 is 1.60 bits per heavy atom. The van der Waals surface area contributed by atoms with Crippen molar-refractivity contribution in [1.29, 1.82) is 0 Å². The zero-order chi connectivity index (χ0) is 7.98. The van der Waals surface area contributed by atoms with Crippen molar-refractivity contribution in [1.82, 2.24) is 0 Å². The SMILES string of the molecule is CCCOC(=O)C(S)CC. The Hall–Kier alpha value is -0.180. The van der Waals surface area contributed by atoms with Crippen LogP contribution in [-0.2, 0) is 9.53 Å². The first-order valence-corrected chi connectivity index (χ1v) is 4.08. The minimum Gasteiger partial charge on any atom is -0.465 e. The van der Waals surface area contributed by atoms with Crippen LogP contribution in [0, 0.1) is 0 Å². The van der Waals surface area contributed by atoms with E-state index in [1.807, 2.05) is 13.8 Å². The van der Waals surface area contributed by atoms with E-state index in [9.17, 15) is 4.79 Å². The largest absolute Gasteiger partial charge is 0.465 e. The first-order chi connectivity index (χ1) is 4.72. The van der Waals surface area contributed by atoms with Crippen molar-refractivity contribution >= 4 is 18.6 Å². The van der Waals surface area contributed by atoms with Crippen molar-refractivity contribution in [3.8, 4) is 0 Å². The second-order valence-electron chi connectivity index (χ2n) is 2.09. The van der Waals surface area contributed by atoms with Gasteiger partial charge in [-0.1, -0.05) is 13.8 Å². The number of carbonyl (C=O) groups is 1. The van der Waals surface area contributed by atoms with Gasteiger partial charge in [0.1, 0.15) is 0 Å². The van der Waals surface area contributed by atoms with Gasteiger partial charge in [0.2, 0.25) is 0 Å². The minimum atomic E-state index is -0.244. The van der Waals surface area contributed by atoms with Gasteiger partial charge in [0, 0.05) is 0 Å². The van der Waals surface area contributed by atoms with Crippen LogP contribution in [0.15, 0.2) is 0 Å². The molecule has 0 aliphatic heterocycles. The van der Waals surface area contributed by atoms with Crippen LogP contribution in [-0.4, -0.2) is 17.8 Å². The fourth-order valence-electron chi connectivity index (χ4n) is 0.466. The van der Waals surface area contributed by atoms with Crippen molar-refractivity contribution < 1.29 is 9.53 Å². The fraction of sp³-hybridized carbons (Fsp3) is 0.857. The average Bonchev–Trinajstić information content (AvgIpc) is 1.98. The van der Waals surface area contributed by atoms with Crippen molar-refractivity contribution in [3.63, 3.8) is 0 Å². The van der Waals surface area contributed by atoms with Crippen LogP contribution in [0.5, 0.6) is 0 Å². The molecule has 1 atom stereocenters. The van der Waals surface area contributed by atoms with Gasteiger partial charge in [0.15, 0.2) is 0 Å². The number of thiol groups is 1. The summed E-state index contributed by atoms with van der Waals surface area (Å²) >= 11 is 4.02. The first kappa shape index (κ1) is 9.82. The Labute approximate surface area is 67.4 Å². The lowest BCUT2D eigenvalue weighted by molar-refractivity contribution is -0.142. The minimum absolute atomic E-state index is 0.201. The molecule has 0 aliphatic rings. The molecule has 0 fully saturated rings. The molecule has 0 heterocycles. The van der Waals surface area contributed by atoms with Gasteiger partial charge in [-0.25, -0.2) is 0 Å². The molecule has 0 aliphatic carbocycles. The standard InChI is InChI=1S/C7H14O2S/c1-3-5-9-7(8)6(10)4-2/h6,10H,3-5H2,1-2H3. The van der Waals surface area contributed by atoms with Crippen molar-refractivity contribution in [2.24, 2.45) is 0 Å². The lowest BCUT2D eigenvalue weighted by Crippen LogP contribution is -2.17. The first-order valence-electron chi connectivity index (χ1n) is 3.57. The lowest BCUT2D eigenvalue weighted by Gasteiger charge is -2.06. The summed E-state index contributed by atoms with van der Waals surface area (Å²) in [5.41, 5.74) is 0. The van der Waals surface area contributed by atoms with Crippen LogP contribution >= 0.6 is 12.6 Å². The van der Waals surface area contributed by atoms with E-state index >= 15 is 0 Å². The van der Waals surface area contributed by atoms with Gasteiger partial charge < -0.3 is 4.74 Å². The molecule has 0 N–H and O–H groups in total. The molecule has 0 radical (unpaired) electrons. The topological polar surface area (TPSA) is 26.3 Å². The third-order valence-corrected chi connectivity index (χ3v) is 1.68. The van der Waals surface area contributed by atoms with E-state index < -0.39 is 0 Å². The third kappa shape index (κ3) is 3.77. The van der Waals surface area contributed by atoms with E-state index in [1.54, 1.807) is 0 Å². The maximum Gasteiger partial charge on any atom is 0.318 e. The number of hydrogen-bond acceptors (Lipinski definition) is 3. The van der Waals surface area contributed by atoms with Crippen molar-refractivity contribution in [2.75, 3.05) is 6.61 Å². The molecule has 10 heavy (non-hydrogen) atoms. The summed E-state index contributed by atoms with van der Waals surface area (Å²) in [6, 6.07) is 0. The molecule has 0 aromatic heterocycles. The lowest BCUT2D eigenvalue weighted by atomic mass is 10.3. The maximum atomic E-state index is 10.8. The van der Waals surface area contributed by atoms with E-state index in [0.717, 1.165) is 12.8 Å². The number of carbonyl (C=O) groups excluding carboxylic acids is 1. The van der Waals surface area contributed by atoms with Gasteiger partial charge >= 0.3 is 5.97 Å². The summed E-state index contributed by atoms with van der Waals surface area (Å²) in [6.45, 7) is 4.38. The molecule has 0 saturated carbocycles. The third-order valence-electron chi connectivity index (χ3n) is 1.11. The van der Waals surface area contributed by atoms with Crippen LogP contribution in [0.3, 0.4) is 0 Å².